The molecule has 4 rings (SSSR count). The molecule has 0 radical (unpaired) electrons. The van der Waals surface area contributed by atoms with Crippen LogP contribution >= 0.6 is 11.3 Å². The van der Waals surface area contributed by atoms with E-state index in [4.69, 9.17) is 9.72 Å². The number of ether oxygens (including phenoxy) is 1. The number of fused-ring (bicyclic) bond motifs is 1. The first-order valence-corrected chi connectivity index (χ1v) is 10.5. The quantitative estimate of drug-likeness (QED) is 0.440. The second-order valence-electron chi connectivity index (χ2n) is 6.74. The van der Waals surface area contributed by atoms with Gasteiger partial charge >= 0.3 is 5.97 Å². The number of carbonyl (C=O) groups is 1. The van der Waals surface area contributed by atoms with Crippen LogP contribution in [0.4, 0.5) is 5.95 Å². The third kappa shape index (κ3) is 3.71. The molecule has 0 amide bonds. The molecule has 0 saturated carbocycles. The van der Waals surface area contributed by atoms with Crippen LogP contribution in [0.25, 0.3) is 27.0 Å². The monoisotopic (exact) mass is 419 g/mol. The molecule has 0 aliphatic rings. The topological polar surface area (TPSA) is 64.4 Å². The van der Waals surface area contributed by atoms with E-state index in [0.717, 1.165) is 11.1 Å². The molecular weight excluding hydrogens is 398 g/mol. The summed E-state index contributed by atoms with van der Waals surface area (Å²) in [4.78, 5) is 32.8. The summed E-state index contributed by atoms with van der Waals surface area (Å²) >= 11 is 1.42. The zero-order chi connectivity index (χ0) is 21.1. The highest BCUT2D eigenvalue weighted by Crippen LogP contribution is 2.32. The molecule has 0 unspecified atom stereocenters. The molecule has 0 spiro atoms. The maximum absolute atomic E-state index is 13.7. The fraction of sp³-hybridized carbons (Fsp3) is 0.174. The lowest BCUT2D eigenvalue weighted by molar-refractivity contribution is -0.141. The van der Waals surface area contributed by atoms with Crippen LogP contribution in [-0.4, -0.2) is 35.7 Å². The summed E-state index contributed by atoms with van der Waals surface area (Å²) in [5, 5.41) is 2.53. The summed E-state index contributed by atoms with van der Waals surface area (Å²) in [7, 11) is 1.73. The van der Waals surface area contributed by atoms with Crippen molar-refractivity contribution in [1.29, 1.82) is 0 Å². The molecule has 2 aromatic heterocycles. The molecule has 0 N–H and O–H groups in total. The van der Waals surface area contributed by atoms with Crippen LogP contribution in [0.1, 0.15) is 6.92 Å². The molecule has 2 aromatic carbocycles. The van der Waals surface area contributed by atoms with Crippen LogP contribution in [0.3, 0.4) is 0 Å². The predicted molar refractivity (Wildman–Crippen MR) is 121 cm³/mol. The zero-order valence-corrected chi connectivity index (χ0v) is 17.6. The van der Waals surface area contributed by atoms with Crippen molar-refractivity contribution in [2.45, 2.75) is 6.92 Å². The minimum atomic E-state index is -0.370. The molecule has 152 valence electrons. The number of carbonyl (C=O) groups excluding carboxylic acids is 1. The van der Waals surface area contributed by atoms with Crippen LogP contribution in [-0.2, 0) is 9.53 Å². The molecule has 0 fully saturated rings. The number of anilines is 1. The smallest absolute Gasteiger partial charge is 0.325 e. The number of hydrogen-bond acceptors (Lipinski definition) is 6. The molecule has 0 saturated heterocycles. The summed E-state index contributed by atoms with van der Waals surface area (Å²) in [6.45, 7) is 2.06. The van der Waals surface area contributed by atoms with E-state index in [1.807, 2.05) is 66.0 Å². The molecule has 0 atom stereocenters. The third-order valence-electron chi connectivity index (χ3n) is 4.70. The van der Waals surface area contributed by atoms with Gasteiger partial charge in [-0.25, -0.2) is 9.55 Å². The van der Waals surface area contributed by atoms with Gasteiger partial charge < -0.3 is 9.64 Å². The third-order valence-corrected chi connectivity index (χ3v) is 5.57. The van der Waals surface area contributed by atoms with Gasteiger partial charge in [-0.3, -0.25) is 9.59 Å². The second kappa shape index (κ2) is 8.51. The lowest BCUT2D eigenvalue weighted by Crippen LogP contribution is -2.33. The number of esters is 1. The number of thiophene rings is 1. The van der Waals surface area contributed by atoms with Crippen molar-refractivity contribution in [3.63, 3.8) is 0 Å². The van der Waals surface area contributed by atoms with E-state index < -0.39 is 0 Å². The molecule has 0 aliphatic heterocycles. The largest absolute Gasteiger partial charge is 0.465 e. The van der Waals surface area contributed by atoms with Crippen molar-refractivity contribution in [2.24, 2.45) is 0 Å². The van der Waals surface area contributed by atoms with Gasteiger partial charge in [-0.1, -0.05) is 48.5 Å². The molecule has 0 bridgehead atoms. The van der Waals surface area contributed by atoms with Gasteiger partial charge in [0.2, 0.25) is 5.95 Å². The van der Waals surface area contributed by atoms with Crippen LogP contribution in [0.2, 0.25) is 0 Å². The lowest BCUT2D eigenvalue weighted by Gasteiger charge is -2.21. The summed E-state index contributed by atoms with van der Waals surface area (Å²) in [6, 6.07) is 19.1. The summed E-state index contributed by atoms with van der Waals surface area (Å²) in [5.41, 5.74) is 2.34. The zero-order valence-electron chi connectivity index (χ0n) is 16.7. The van der Waals surface area contributed by atoms with Crippen molar-refractivity contribution in [1.82, 2.24) is 9.55 Å². The van der Waals surface area contributed by atoms with Crippen molar-refractivity contribution in [2.75, 3.05) is 25.1 Å². The van der Waals surface area contributed by atoms with Gasteiger partial charge in [-0.2, -0.15) is 0 Å². The number of nitrogens with zero attached hydrogens (tertiary/aromatic N) is 3. The van der Waals surface area contributed by atoms with E-state index in [1.165, 1.54) is 11.3 Å². The Morgan fingerprint density at radius 1 is 1.10 bits per heavy atom. The summed E-state index contributed by atoms with van der Waals surface area (Å²) in [6.07, 6.45) is 0. The first-order valence-electron chi connectivity index (χ1n) is 9.62. The molecule has 7 heteroatoms. The van der Waals surface area contributed by atoms with Crippen molar-refractivity contribution < 1.29 is 9.53 Å². The van der Waals surface area contributed by atoms with Crippen LogP contribution in [0, 0.1) is 0 Å². The molecule has 4 aromatic rings. The van der Waals surface area contributed by atoms with Gasteiger partial charge in [0.25, 0.3) is 5.56 Å². The fourth-order valence-electron chi connectivity index (χ4n) is 3.35. The Balaban J connectivity index is 1.94. The van der Waals surface area contributed by atoms with Crippen molar-refractivity contribution >= 4 is 33.5 Å². The standard InChI is InChI=1S/C23H21N3O3S/c1-3-29-19(27)14-25(2)23-24-21-20(18(15-30-21)16-10-6-4-7-11-16)22(28)26(23)17-12-8-5-9-13-17/h4-13,15H,3,14H2,1-2H3. The van der Waals surface area contributed by atoms with Gasteiger partial charge in [0.1, 0.15) is 11.4 Å². The Labute approximate surface area is 178 Å². The van der Waals surface area contributed by atoms with Gasteiger partial charge in [-0.05, 0) is 24.6 Å². The molecule has 30 heavy (non-hydrogen) atoms. The molecule has 0 aliphatic carbocycles. The highest BCUT2D eigenvalue weighted by molar-refractivity contribution is 7.17. The molecule has 2 heterocycles. The van der Waals surface area contributed by atoms with E-state index in [1.54, 1.807) is 23.4 Å². The SMILES string of the molecule is CCOC(=O)CN(C)c1nc2scc(-c3ccccc3)c2c(=O)n1-c1ccccc1. The molecule has 6 nitrogen and oxygen atoms in total. The maximum Gasteiger partial charge on any atom is 0.325 e. The number of benzene rings is 2. The predicted octanol–water partition coefficient (Wildman–Crippen LogP) is 4.11. The Morgan fingerprint density at radius 2 is 1.77 bits per heavy atom. The lowest BCUT2D eigenvalue weighted by atomic mass is 10.1. The Morgan fingerprint density at radius 3 is 2.43 bits per heavy atom. The normalized spacial score (nSPS) is 10.9. The van der Waals surface area contributed by atoms with Gasteiger partial charge in [0.05, 0.1) is 17.7 Å². The number of para-hydroxylation sites is 1. The van der Waals surface area contributed by atoms with Gasteiger partial charge in [0.15, 0.2) is 0 Å². The highest BCUT2D eigenvalue weighted by atomic mass is 32.1. The van der Waals surface area contributed by atoms with Crippen LogP contribution in [0.5, 0.6) is 0 Å². The van der Waals surface area contributed by atoms with Crippen molar-refractivity contribution in [3.05, 3.63) is 76.4 Å². The Hall–Kier alpha value is -3.45. The molecular formula is C23H21N3O3S. The number of hydrogen-bond donors (Lipinski definition) is 0. The maximum atomic E-state index is 13.7. The number of likely N-dealkylation sites (N-methyl/N-ethyl adjacent to an activating group) is 1. The van der Waals surface area contributed by atoms with Crippen molar-refractivity contribution in [3.8, 4) is 16.8 Å². The minimum Gasteiger partial charge on any atom is -0.465 e. The number of rotatable bonds is 6. The second-order valence-corrected chi connectivity index (χ2v) is 7.60. The average Bonchev–Trinajstić information content (AvgIpc) is 3.19. The van der Waals surface area contributed by atoms with E-state index in [-0.39, 0.29) is 18.1 Å². The van der Waals surface area contributed by atoms with Crippen LogP contribution in [0.15, 0.2) is 70.8 Å². The van der Waals surface area contributed by atoms with Gasteiger partial charge in [0, 0.05) is 18.0 Å². The van der Waals surface area contributed by atoms with Gasteiger partial charge in [-0.15, -0.1) is 11.3 Å². The fourth-order valence-corrected chi connectivity index (χ4v) is 4.28. The number of aromatic nitrogens is 2. The first-order chi connectivity index (χ1) is 14.6. The summed E-state index contributed by atoms with van der Waals surface area (Å²) in [5.74, 6) is 0.0262. The van der Waals surface area contributed by atoms with E-state index in [2.05, 4.69) is 0 Å². The van der Waals surface area contributed by atoms with E-state index >= 15 is 0 Å². The van der Waals surface area contributed by atoms with Crippen LogP contribution < -0.4 is 10.5 Å². The Bertz CT molecular complexity index is 1230. The highest BCUT2D eigenvalue weighted by Gasteiger charge is 2.21. The van der Waals surface area contributed by atoms with E-state index in [9.17, 15) is 9.59 Å². The van der Waals surface area contributed by atoms with E-state index in [0.29, 0.717) is 28.5 Å². The minimum absolute atomic E-state index is 0.00443. The Kier molecular flexibility index (Phi) is 5.63. The summed E-state index contributed by atoms with van der Waals surface area (Å²) < 4.78 is 6.62. The average molecular weight is 420 g/mol. The first kappa shape index (κ1) is 19.8.